The molecule has 5 heteroatoms. The van der Waals surface area contributed by atoms with Crippen LogP contribution in [-0.4, -0.2) is 42.4 Å². The van der Waals surface area contributed by atoms with Gasteiger partial charge in [0, 0.05) is 19.8 Å². The predicted molar refractivity (Wildman–Crippen MR) is 58.9 cm³/mol. The normalized spacial score (nSPS) is 21.3. The van der Waals surface area contributed by atoms with Crippen molar-refractivity contribution in [2.24, 2.45) is 5.10 Å². The van der Waals surface area contributed by atoms with Crippen molar-refractivity contribution in [3.63, 3.8) is 0 Å². The Morgan fingerprint density at radius 3 is 2.80 bits per heavy atom. The number of likely N-dealkylation sites (tertiary alicyclic amines) is 1. The maximum Gasteiger partial charge on any atom is 0.410 e. The lowest BCUT2D eigenvalue weighted by Crippen LogP contribution is -2.37. The Hall–Kier alpha value is -1.26. The summed E-state index contributed by atoms with van der Waals surface area (Å²) in [6, 6.07) is 0.204. The van der Waals surface area contributed by atoms with Crippen molar-refractivity contribution in [1.29, 1.82) is 0 Å². The van der Waals surface area contributed by atoms with Crippen LogP contribution >= 0.6 is 0 Å². The quantitative estimate of drug-likeness (QED) is 0.554. The molecule has 0 aliphatic carbocycles. The van der Waals surface area contributed by atoms with E-state index < -0.39 is 5.60 Å². The van der Waals surface area contributed by atoms with Gasteiger partial charge in [0.2, 0.25) is 0 Å². The fourth-order valence-corrected chi connectivity index (χ4v) is 1.49. The van der Waals surface area contributed by atoms with E-state index in [-0.39, 0.29) is 12.1 Å². The van der Waals surface area contributed by atoms with Gasteiger partial charge in [0.05, 0.1) is 6.04 Å². The Morgan fingerprint density at radius 1 is 1.60 bits per heavy atom. The summed E-state index contributed by atoms with van der Waals surface area (Å²) in [4.78, 5) is 13.3. The minimum absolute atomic E-state index is 0.204. The SMILES string of the molecule is C=NN[C@@H]1CCN(C(=O)OC(C)(C)C)C1. The van der Waals surface area contributed by atoms with E-state index in [1.54, 1.807) is 4.90 Å². The molecule has 15 heavy (non-hydrogen) atoms. The van der Waals surface area contributed by atoms with Gasteiger partial charge >= 0.3 is 6.09 Å². The molecule has 0 aromatic heterocycles. The lowest BCUT2D eigenvalue weighted by molar-refractivity contribution is 0.0291. The summed E-state index contributed by atoms with van der Waals surface area (Å²) < 4.78 is 5.26. The van der Waals surface area contributed by atoms with Crippen LogP contribution in [0.25, 0.3) is 0 Å². The second-order valence-electron chi connectivity index (χ2n) is 4.70. The first-order chi connectivity index (χ1) is 6.92. The number of rotatable bonds is 2. The molecular formula is C10H19N3O2. The fourth-order valence-electron chi connectivity index (χ4n) is 1.49. The van der Waals surface area contributed by atoms with E-state index in [0.717, 1.165) is 6.42 Å². The van der Waals surface area contributed by atoms with Crippen molar-refractivity contribution < 1.29 is 9.53 Å². The molecule has 0 spiro atoms. The first-order valence-corrected chi connectivity index (χ1v) is 5.11. The van der Waals surface area contributed by atoms with E-state index in [4.69, 9.17) is 4.74 Å². The number of hydrazone groups is 1. The molecule has 1 aliphatic heterocycles. The Kier molecular flexibility index (Phi) is 3.55. The summed E-state index contributed by atoms with van der Waals surface area (Å²) in [5.74, 6) is 0. The van der Waals surface area contributed by atoms with E-state index in [0.29, 0.717) is 13.1 Å². The summed E-state index contributed by atoms with van der Waals surface area (Å²) in [5.41, 5.74) is 2.43. The lowest BCUT2D eigenvalue weighted by Gasteiger charge is -2.24. The first kappa shape index (κ1) is 11.8. The third-order valence-electron chi connectivity index (χ3n) is 2.11. The number of ether oxygens (including phenoxy) is 1. The zero-order valence-corrected chi connectivity index (χ0v) is 9.62. The molecule has 1 aliphatic rings. The van der Waals surface area contributed by atoms with Gasteiger partial charge in [0.1, 0.15) is 5.60 Å². The van der Waals surface area contributed by atoms with Gasteiger partial charge in [-0.3, -0.25) is 0 Å². The van der Waals surface area contributed by atoms with Gasteiger partial charge in [-0.05, 0) is 27.2 Å². The summed E-state index contributed by atoms with van der Waals surface area (Å²) in [7, 11) is 0. The van der Waals surface area contributed by atoms with Crippen molar-refractivity contribution in [2.45, 2.75) is 38.8 Å². The van der Waals surface area contributed by atoms with Gasteiger partial charge in [0.25, 0.3) is 0 Å². The lowest BCUT2D eigenvalue weighted by atomic mass is 10.2. The largest absolute Gasteiger partial charge is 0.444 e. The van der Waals surface area contributed by atoms with Crippen LogP contribution < -0.4 is 5.43 Å². The second kappa shape index (κ2) is 4.51. The molecular weight excluding hydrogens is 194 g/mol. The minimum atomic E-state index is -0.431. The highest BCUT2D eigenvalue weighted by Gasteiger charge is 2.29. The molecule has 0 radical (unpaired) electrons. The molecule has 86 valence electrons. The predicted octanol–water partition coefficient (Wildman–Crippen LogP) is 1.20. The van der Waals surface area contributed by atoms with Gasteiger partial charge in [-0.2, -0.15) is 5.10 Å². The number of hydrogen-bond acceptors (Lipinski definition) is 4. The van der Waals surface area contributed by atoms with Crippen molar-refractivity contribution in [3.05, 3.63) is 0 Å². The topological polar surface area (TPSA) is 53.9 Å². The summed E-state index contributed by atoms with van der Waals surface area (Å²) >= 11 is 0. The van der Waals surface area contributed by atoms with Crippen molar-refractivity contribution in [2.75, 3.05) is 13.1 Å². The average molecular weight is 213 g/mol. The Balaban J connectivity index is 2.40. The molecule has 5 nitrogen and oxygen atoms in total. The third-order valence-corrected chi connectivity index (χ3v) is 2.11. The smallest absolute Gasteiger partial charge is 0.410 e. The van der Waals surface area contributed by atoms with Crippen LogP contribution in [0.1, 0.15) is 27.2 Å². The maximum atomic E-state index is 11.6. The van der Waals surface area contributed by atoms with Crippen LogP contribution in [-0.2, 0) is 4.74 Å². The summed E-state index contributed by atoms with van der Waals surface area (Å²) in [6.45, 7) is 10.3. The Bertz CT molecular complexity index is 248. The van der Waals surface area contributed by atoms with Crippen molar-refractivity contribution >= 4 is 12.8 Å². The number of hydrogen-bond donors (Lipinski definition) is 1. The molecule has 0 saturated carbocycles. The number of nitrogens with one attached hydrogen (secondary N) is 1. The monoisotopic (exact) mass is 213 g/mol. The van der Waals surface area contributed by atoms with Crippen molar-refractivity contribution in [3.8, 4) is 0 Å². The highest BCUT2D eigenvalue weighted by atomic mass is 16.6. The molecule has 0 aromatic carbocycles. The highest BCUT2D eigenvalue weighted by Crippen LogP contribution is 2.15. The summed E-state index contributed by atoms with van der Waals surface area (Å²) in [5, 5.41) is 3.61. The molecule has 0 aromatic rings. The highest BCUT2D eigenvalue weighted by molar-refractivity contribution is 5.68. The van der Waals surface area contributed by atoms with Crippen molar-refractivity contribution in [1.82, 2.24) is 10.3 Å². The van der Waals surface area contributed by atoms with Gasteiger partial charge in [-0.25, -0.2) is 4.79 Å². The molecule has 0 bridgehead atoms. The molecule has 1 heterocycles. The number of carbonyl (C=O) groups excluding carboxylic acids is 1. The van der Waals surface area contributed by atoms with Crippen LogP contribution in [0.5, 0.6) is 0 Å². The van der Waals surface area contributed by atoms with Crippen LogP contribution in [0.4, 0.5) is 4.79 Å². The first-order valence-electron chi connectivity index (χ1n) is 5.11. The summed E-state index contributed by atoms with van der Waals surface area (Å²) in [6.07, 6.45) is 0.633. The molecule has 1 fully saturated rings. The third kappa shape index (κ3) is 3.77. The van der Waals surface area contributed by atoms with E-state index in [9.17, 15) is 4.79 Å². The molecule has 1 N–H and O–H groups in total. The van der Waals surface area contributed by atoms with Crippen LogP contribution in [0.2, 0.25) is 0 Å². The molecule has 1 amide bonds. The molecule has 1 saturated heterocycles. The van der Waals surface area contributed by atoms with E-state index in [1.807, 2.05) is 20.8 Å². The van der Waals surface area contributed by atoms with Gasteiger partial charge in [-0.15, -0.1) is 0 Å². The zero-order valence-electron chi connectivity index (χ0n) is 9.62. The zero-order chi connectivity index (χ0) is 11.5. The molecule has 1 rings (SSSR count). The van der Waals surface area contributed by atoms with Crippen LogP contribution in [0.3, 0.4) is 0 Å². The van der Waals surface area contributed by atoms with Gasteiger partial charge < -0.3 is 15.1 Å². The molecule has 0 unspecified atom stereocenters. The Labute approximate surface area is 90.5 Å². The second-order valence-corrected chi connectivity index (χ2v) is 4.70. The number of nitrogens with zero attached hydrogens (tertiary/aromatic N) is 2. The van der Waals surface area contributed by atoms with Crippen LogP contribution in [0, 0.1) is 0 Å². The minimum Gasteiger partial charge on any atom is -0.444 e. The fraction of sp³-hybridized carbons (Fsp3) is 0.800. The van der Waals surface area contributed by atoms with Gasteiger partial charge in [0.15, 0.2) is 0 Å². The number of carbonyl (C=O) groups is 1. The molecule has 1 atom stereocenters. The maximum absolute atomic E-state index is 11.6. The average Bonchev–Trinajstić information content (AvgIpc) is 2.50. The Morgan fingerprint density at radius 2 is 2.27 bits per heavy atom. The van der Waals surface area contributed by atoms with Gasteiger partial charge in [-0.1, -0.05) is 0 Å². The van der Waals surface area contributed by atoms with E-state index >= 15 is 0 Å². The standard InChI is InChI=1S/C10H19N3O2/c1-10(2,3)15-9(14)13-6-5-8(7-13)12-11-4/h8,12H,4-7H2,1-3H3/t8-/m1/s1. The van der Waals surface area contributed by atoms with E-state index in [1.165, 1.54) is 0 Å². The van der Waals surface area contributed by atoms with Crippen LogP contribution in [0.15, 0.2) is 5.10 Å². The number of amides is 1. The van der Waals surface area contributed by atoms with E-state index in [2.05, 4.69) is 17.2 Å².